The van der Waals surface area contributed by atoms with Crippen LogP contribution in [0.3, 0.4) is 0 Å². The van der Waals surface area contributed by atoms with Crippen LogP contribution in [0.15, 0.2) is 55.4 Å². The highest BCUT2D eigenvalue weighted by Crippen LogP contribution is 2.34. The van der Waals surface area contributed by atoms with Gasteiger partial charge in [-0.15, -0.1) is 15.3 Å². The Morgan fingerprint density at radius 1 is 1.02 bits per heavy atom. The minimum atomic E-state index is -3.07. The summed E-state index contributed by atoms with van der Waals surface area (Å²) in [6.07, 6.45) is 5.59. The predicted molar refractivity (Wildman–Crippen MR) is 133 cm³/mol. The molecule has 0 aliphatic heterocycles. The van der Waals surface area contributed by atoms with Crippen molar-refractivity contribution in [3.8, 4) is 28.2 Å². The number of aromatic nitrogens is 9. The summed E-state index contributed by atoms with van der Waals surface area (Å²) in [5.41, 5.74) is 0.332. The number of benzene rings is 1. The van der Waals surface area contributed by atoms with E-state index in [4.69, 9.17) is 23.2 Å². The van der Waals surface area contributed by atoms with Crippen molar-refractivity contribution in [3.63, 3.8) is 0 Å². The Morgan fingerprint density at radius 2 is 1.83 bits per heavy atom. The molecule has 0 saturated carbocycles. The molecule has 11 nitrogen and oxygen atoms in total. The molecular formula is C23H16Cl2F5N9O2. The van der Waals surface area contributed by atoms with Crippen molar-refractivity contribution < 1.29 is 31.4 Å². The van der Waals surface area contributed by atoms with Crippen molar-refractivity contribution in [2.24, 2.45) is 0 Å². The maximum atomic E-state index is 15.3. The van der Waals surface area contributed by atoms with Gasteiger partial charge in [0.1, 0.15) is 12.4 Å². The fraction of sp³-hybridized carbons (Fsp3) is 0.217. The Labute approximate surface area is 236 Å². The second-order valence-corrected chi connectivity index (χ2v) is 9.19. The average Bonchev–Trinajstić information content (AvgIpc) is 3.69. The van der Waals surface area contributed by atoms with Crippen LogP contribution < -0.4 is 4.73 Å². The van der Waals surface area contributed by atoms with Gasteiger partial charge in [0.2, 0.25) is 5.69 Å². The molecule has 0 N–H and O–H groups in total. The van der Waals surface area contributed by atoms with E-state index in [2.05, 4.69) is 30.3 Å². The Kier molecular flexibility index (Phi) is 8.14. The molecule has 0 aliphatic carbocycles. The maximum absolute atomic E-state index is 15.3. The molecule has 0 bridgehead atoms. The Morgan fingerprint density at radius 3 is 2.51 bits per heavy atom. The number of hydrogen-bond donors (Lipinski definition) is 0. The first-order valence-electron chi connectivity index (χ1n) is 11.6. The van der Waals surface area contributed by atoms with Gasteiger partial charge in [-0.3, -0.25) is 9.25 Å². The summed E-state index contributed by atoms with van der Waals surface area (Å²) in [4.78, 5) is 0. The minimum Gasteiger partial charge on any atom is -0.618 e. The number of ether oxygens (including phenoxy) is 1. The molecule has 214 valence electrons. The zero-order valence-electron chi connectivity index (χ0n) is 20.3. The lowest BCUT2D eigenvalue weighted by Crippen LogP contribution is -2.36. The normalized spacial score (nSPS) is 12.5. The van der Waals surface area contributed by atoms with Crippen molar-refractivity contribution >= 4 is 23.2 Å². The smallest absolute Gasteiger partial charge is 0.345 e. The van der Waals surface area contributed by atoms with Gasteiger partial charge in [0.05, 0.1) is 46.4 Å². The number of pyridine rings is 1. The molecule has 0 amide bonds. The van der Waals surface area contributed by atoms with Crippen LogP contribution in [0.2, 0.25) is 10.2 Å². The summed E-state index contributed by atoms with van der Waals surface area (Å²) in [6, 6.07) is 4.52. The van der Waals surface area contributed by atoms with E-state index in [1.54, 1.807) is 0 Å². The van der Waals surface area contributed by atoms with Crippen LogP contribution in [-0.4, -0.2) is 52.8 Å². The van der Waals surface area contributed by atoms with Crippen LogP contribution in [0, 0.1) is 11.0 Å². The first kappa shape index (κ1) is 28.4. The van der Waals surface area contributed by atoms with Crippen molar-refractivity contribution in [3.05, 3.63) is 82.3 Å². The van der Waals surface area contributed by atoms with Gasteiger partial charge in [0.15, 0.2) is 23.0 Å². The third-order valence-electron chi connectivity index (χ3n) is 5.96. The molecule has 41 heavy (non-hydrogen) atoms. The summed E-state index contributed by atoms with van der Waals surface area (Å²) in [5, 5.41) is 31.9. The maximum Gasteiger partial charge on any atom is 0.345 e. The van der Waals surface area contributed by atoms with Crippen LogP contribution in [0.25, 0.3) is 28.2 Å². The van der Waals surface area contributed by atoms with Crippen molar-refractivity contribution in [1.82, 2.24) is 39.5 Å². The van der Waals surface area contributed by atoms with Gasteiger partial charge in [0.25, 0.3) is 0 Å². The molecule has 4 aromatic heterocycles. The number of nitrogens with zero attached hydrogens (tertiary/aromatic N) is 9. The monoisotopic (exact) mass is 615 g/mol. The Bertz CT molecular complexity index is 1680. The summed E-state index contributed by atoms with van der Waals surface area (Å²) in [6.45, 7) is -6.47. The predicted octanol–water partition coefficient (Wildman–Crippen LogP) is 5.08. The molecule has 0 radical (unpaired) electrons. The number of rotatable bonds is 10. The number of hydrogen-bond acceptors (Lipinski definition) is 7. The molecule has 0 spiro atoms. The van der Waals surface area contributed by atoms with E-state index < -0.39 is 31.6 Å². The highest BCUT2D eigenvalue weighted by atomic mass is 35.5. The van der Waals surface area contributed by atoms with Crippen molar-refractivity contribution in [2.75, 3.05) is 6.61 Å². The molecule has 4 heterocycles. The molecule has 1 aromatic carbocycles. The van der Waals surface area contributed by atoms with Crippen molar-refractivity contribution in [1.29, 1.82) is 0 Å². The first-order chi connectivity index (χ1) is 19.6. The van der Waals surface area contributed by atoms with Gasteiger partial charge in [-0.2, -0.15) is 27.4 Å². The van der Waals surface area contributed by atoms with E-state index in [9.17, 15) is 22.8 Å². The Hall–Kier alpha value is -4.15. The SMILES string of the molecule is [O-][n+]1cc(-c2c(-n3cc(Cl)nn3)ccc(Cl)c2F)ccc1[C@@H](CCOC(F)F)n1cc(-c2nncn2C(F)F)cn1. The molecule has 5 rings (SSSR count). The third-order valence-corrected chi connectivity index (χ3v) is 6.42. The van der Waals surface area contributed by atoms with E-state index in [0.29, 0.717) is 9.30 Å². The van der Waals surface area contributed by atoms with E-state index in [-0.39, 0.29) is 50.5 Å². The van der Waals surface area contributed by atoms with Crippen molar-refractivity contribution in [2.45, 2.75) is 25.6 Å². The van der Waals surface area contributed by atoms with E-state index >= 15 is 4.39 Å². The van der Waals surface area contributed by atoms with Crippen LogP contribution in [0.4, 0.5) is 22.0 Å². The molecule has 1 atom stereocenters. The minimum absolute atomic E-state index is 0.00405. The van der Waals surface area contributed by atoms with E-state index in [1.165, 1.54) is 52.2 Å². The van der Waals surface area contributed by atoms with Crippen LogP contribution >= 0.6 is 23.2 Å². The van der Waals surface area contributed by atoms with Gasteiger partial charge in [-0.25, -0.2) is 9.07 Å². The third kappa shape index (κ3) is 5.84. The van der Waals surface area contributed by atoms with Crippen LogP contribution in [-0.2, 0) is 4.74 Å². The molecule has 0 fully saturated rings. The number of alkyl halides is 4. The van der Waals surface area contributed by atoms with Gasteiger partial charge in [-0.1, -0.05) is 28.4 Å². The summed E-state index contributed by atoms with van der Waals surface area (Å²) in [5.74, 6) is -1.04. The standard InChI is InChI=1S/C23H16Cl2F5N9O2/c24-14-2-4-17(38-10-18(25)33-35-38)19(20(14)26)12-1-3-16(39(40)9-12)15(5-6-41-23(29)30)37-8-13(7-32-37)21-34-31-11-36(21)22(27)28/h1-4,7-11,15,22-23H,5-6H2/t15-/m1/s1. The first-order valence-corrected chi connectivity index (χ1v) is 12.3. The largest absolute Gasteiger partial charge is 0.618 e. The fourth-order valence-electron chi connectivity index (χ4n) is 4.17. The zero-order chi connectivity index (χ0) is 29.3. The lowest BCUT2D eigenvalue weighted by Gasteiger charge is -2.18. The van der Waals surface area contributed by atoms with Gasteiger partial charge < -0.3 is 9.94 Å². The second kappa shape index (κ2) is 11.8. The quantitative estimate of drug-likeness (QED) is 0.122. The van der Waals surface area contributed by atoms with Crippen LogP contribution in [0.5, 0.6) is 0 Å². The Balaban J connectivity index is 1.55. The topological polar surface area (TPSA) is 115 Å². The zero-order valence-corrected chi connectivity index (χ0v) is 21.8. The molecule has 18 heteroatoms. The van der Waals surface area contributed by atoms with Gasteiger partial charge in [-0.05, 0) is 18.2 Å². The molecule has 0 unspecified atom stereocenters. The van der Waals surface area contributed by atoms with E-state index in [1.807, 2.05) is 0 Å². The highest BCUT2D eigenvalue weighted by molar-refractivity contribution is 6.31. The van der Waals surface area contributed by atoms with Gasteiger partial charge in [0, 0.05) is 18.7 Å². The lowest BCUT2D eigenvalue weighted by atomic mass is 10.0. The van der Waals surface area contributed by atoms with E-state index in [0.717, 1.165) is 12.5 Å². The number of halogens is 7. The molecular weight excluding hydrogens is 600 g/mol. The fourth-order valence-corrected chi connectivity index (χ4v) is 4.45. The molecule has 5 aromatic rings. The second-order valence-electron chi connectivity index (χ2n) is 8.39. The van der Waals surface area contributed by atoms with Gasteiger partial charge >= 0.3 is 13.2 Å². The summed E-state index contributed by atoms with van der Waals surface area (Å²) >= 11 is 11.9. The molecule has 0 aliphatic rings. The highest BCUT2D eigenvalue weighted by Gasteiger charge is 2.27. The summed E-state index contributed by atoms with van der Waals surface area (Å²) < 4.78 is 75.0. The lowest BCUT2D eigenvalue weighted by molar-refractivity contribution is -0.615. The van der Waals surface area contributed by atoms with Crippen LogP contribution in [0.1, 0.15) is 24.7 Å². The molecule has 0 saturated heterocycles. The average molecular weight is 616 g/mol. The summed E-state index contributed by atoms with van der Waals surface area (Å²) in [7, 11) is 0.